The number of hydrogen-bond acceptors (Lipinski definition) is 6. The van der Waals surface area contributed by atoms with Crippen molar-refractivity contribution in [3.8, 4) is 0 Å². The molecule has 0 atom stereocenters. The topological polar surface area (TPSA) is 72.3 Å². The minimum atomic E-state index is -0.0273. The molecule has 7 nitrogen and oxygen atoms in total. The molecule has 1 N–H and O–H groups in total. The normalized spacial score (nSPS) is 17.2. The summed E-state index contributed by atoms with van der Waals surface area (Å²) in [4.78, 5) is 14.6. The Bertz CT molecular complexity index is 811. The van der Waals surface area contributed by atoms with Crippen LogP contribution in [0.4, 0.5) is 11.6 Å². The molecular formula is C20H27N5O2S. The van der Waals surface area contributed by atoms with Crippen molar-refractivity contribution in [2.75, 3.05) is 42.3 Å². The van der Waals surface area contributed by atoms with Gasteiger partial charge in [0.05, 0.1) is 19.0 Å². The van der Waals surface area contributed by atoms with Crippen LogP contribution in [0.5, 0.6) is 0 Å². The van der Waals surface area contributed by atoms with Crippen LogP contribution in [-0.2, 0) is 9.53 Å². The smallest absolute Gasteiger partial charge is 0.234 e. The van der Waals surface area contributed by atoms with E-state index in [0.717, 1.165) is 55.9 Å². The zero-order valence-corrected chi connectivity index (χ0v) is 17.2. The van der Waals surface area contributed by atoms with Gasteiger partial charge < -0.3 is 15.0 Å². The second-order valence-electron chi connectivity index (χ2n) is 7.60. The summed E-state index contributed by atoms with van der Waals surface area (Å²) in [5.41, 5.74) is 2.09. The number of aromatic nitrogens is 3. The number of carbonyl (C=O) groups excluding carboxylic acids is 1. The Morgan fingerprint density at radius 2 is 1.93 bits per heavy atom. The fraction of sp³-hybridized carbons (Fsp3) is 0.550. The highest BCUT2D eigenvalue weighted by molar-refractivity contribution is 7.99. The molecule has 1 saturated carbocycles. The van der Waals surface area contributed by atoms with Crippen LogP contribution >= 0.6 is 11.8 Å². The fourth-order valence-electron chi connectivity index (χ4n) is 3.28. The Labute approximate surface area is 169 Å². The summed E-state index contributed by atoms with van der Waals surface area (Å²) in [7, 11) is 0. The third-order valence-electron chi connectivity index (χ3n) is 5.05. The molecule has 0 spiro atoms. The van der Waals surface area contributed by atoms with Gasteiger partial charge in [0.1, 0.15) is 0 Å². The second kappa shape index (κ2) is 8.53. The maximum absolute atomic E-state index is 12.4. The predicted molar refractivity (Wildman–Crippen MR) is 111 cm³/mol. The molecule has 1 aromatic carbocycles. The molecule has 0 radical (unpaired) electrons. The molecule has 2 aliphatic rings. The van der Waals surface area contributed by atoms with Gasteiger partial charge in [-0.25, -0.2) is 0 Å². The molecule has 1 aliphatic carbocycles. The maximum Gasteiger partial charge on any atom is 0.234 e. The van der Waals surface area contributed by atoms with Gasteiger partial charge in [0.25, 0.3) is 0 Å². The number of ether oxygens (including phenoxy) is 1. The number of rotatable bonds is 7. The van der Waals surface area contributed by atoms with E-state index in [2.05, 4.69) is 51.0 Å². The van der Waals surface area contributed by atoms with Gasteiger partial charge in [0, 0.05) is 24.8 Å². The number of anilines is 2. The number of thioether (sulfide) groups is 1. The average Bonchev–Trinajstić information content (AvgIpc) is 3.46. The highest BCUT2D eigenvalue weighted by Crippen LogP contribution is 2.41. The number of amides is 1. The first-order valence-corrected chi connectivity index (χ1v) is 10.9. The number of morpholine rings is 1. The molecule has 4 rings (SSSR count). The molecule has 0 unspecified atom stereocenters. The summed E-state index contributed by atoms with van der Waals surface area (Å²) in [6.45, 7) is 7.43. The first-order valence-electron chi connectivity index (χ1n) is 9.92. The first-order chi connectivity index (χ1) is 13.6. The first kappa shape index (κ1) is 19.3. The lowest BCUT2D eigenvalue weighted by Crippen LogP contribution is -2.38. The molecule has 1 amide bonds. The van der Waals surface area contributed by atoms with Crippen LogP contribution in [0.3, 0.4) is 0 Å². The van der Waals surface area contributed by atoms with Crippen LogP contribution < -0.4 is 10.2 Å². The number of nitrogens with zero attached hydrogens (tertiary/aromatic N) is 4. The lowest BCUT2D eigenvalue weighted by Gasteiger charge is -2.27. The van der Waals surface area contributed by atoms with Crippen LogP contribution in [-0.4, -0.2) is 52.7 Å². The summed E-state index contributed by atoms with van der Waals surface area (Å²) in [5.74, 6) is 1.69. The largest absolute Gasteiger partial charge is 0.378 e. The van der Waals surface area contributed by atoms with Crippen molar-refractivity contribution < 1.29 is 9.53 Å². The highest BCUT2D eigenvalue weighted by atomic mass is 32.2. The van der Waals surface area contributed by atoms with E-state index in [9.17, 15) is 4.79 Å². The summed E-state index contributed by atoms with van der Waals surface area (Å²) >= 11 is 1.46. The molecule has 28 heavy (non-hydrogen) atoms. The van der Waals surface area contributed by atoms with E-state index in [1.807, 2.05) is 12.1 Å². The van der Waals surface area contributed by atoms with Crippen molar-refractivity contribution in [1.29, 1.82) is 0 Å². The van der Waals surface area contributed by atoms with Crippen LogP contribution in [0.2, 0.25) is 0 Å². The molecule has 150 valence electrons. The molecule has 0 bridgehead atoms. The molecule has 1 aromatic heterocycles. The van der Waals surface area contributed by atoms with Gasteiger partial charge in [-0.15, -0.1) is 10.2 Å². The molecule has 1 saturated heterocycles. The zero-order chi connectivity index (χ0) is 19.5. The van der Waals surface area contributed by atoms with E-state index in [1.54, 1.807) is 0 Å². The zero-order valence-electron chi connectivity index (χ0n) is 16.4. The minimum absolute atomic E-state index is 0.0273. The number of nitrogens with one attached hydrogen (secondary N) is 1. The predicted octanol–water partition coefficient (Wildman–Crippen LogP) is 3.30. The fourth-order valence-corrected chi connectivity index (χ4v) is 4.08. The van der Waals surface area contributed by atoms with Gasteiger partial charge in [-0.05, 0) is 36.5 Å². The van der Waals surface area contributed by atoms with E-state index >= 15 is 0 Å². The van der Waals surface area contributed by atoms with Gasteiger partial charge in [0.2, 0.25) is 11.9 Å². The number of hydrogen-bond donors (Lipinski definition) is 1. The monoisotopic (exact) mass is 401 g/mol. The SMILES string of the molecule is CC(C)c1ccc(NC(=O)CSc2nnc(N3CCOCC3)n2C2CC2)cc1. The van der Waals surface area contributed by atoms with Gasteiger partial charge >= 0.3 is 0 Å². The van der Waals surface area contributed by atoms with Gasteiger partial charge in [-0.2, -0.15) is 0 Å². The number of carbonyl (C=O) groups is 1. The van der Waals surface area contributed by atoms with E-state index in [-0.39, 0.29) is 5.91 Å². The van der Waals surface area contributed by atoms with Crippen molar-refractivity contribution in [2.24, 2.45) is 0 Å². The second-order valence-corrected chi connectivity index (χ2v) is 8.54. The summed E-state index contributed by atoms with van der Waals surface area (Å²) in [6, 6.07) is 8.50. The van der Waals surface area contributed by atoms with Crippen LogP contribution in [0.1, 0.15) is 44.2 Å². The third kappa shape index (κ3) is 4.50. The van der Waals surface area contributed by atoms with Crippen molar-refractivity contribution in [2.45, 2.75) is 43.8 Å². The Hall–Kier alpha value is -2.06. The molecule has 8 heteroatoms. The van der Waals surface area contributed by atoms with Crippen molar-refractivity contribution in [3.63, 3.8) is 0 Å². The van der Waals surface area contributed by atoms with Crippen molar-refractivity contribution in [1.82, 2.24) is 14.8 Å². The van der Waals surface area contributed by atoms with E-state index < -0.39 is 0 Å². The Morgan fingerprint density at radius 1 is 1.21 bits per heavy atom. The number of benzene rings is 1. The lowest BCUT2D eigenvalue weighted by atomic mass is 10.0. The third-order valence-corrected chi connectivity index (χ3v) is 5.99. The molecule has 2 aromatic rings. The Balaban J connectivity index is 1.37. The molecule has 2 fully saturated rings. The quantitative estimate of drug-likeness (QED) is 0.718. The molecular weight excluding hydrogens is 374 g/mol. The van der Waals surface area contributed by atoms with Crippen LogP contribution in [0, 0.1) is 0 Å². The van der Waals surface area contributed by atoms with Crippen LogP contribution in [0.15, 0.2) is 29.4 Å². The van der Waals surface area contributed by atoms with E-state index in [4.69, 9.17) is 4.74 Å². The van der Waals surface area contributed by atoms with E-state index in [1.165, 1.54) is 17.3 Å². The summed E-state index contributed by atoms with van der Waals surface area (Å²) < 4.78 is 7.65. The van der Waals surface area contributed by atoms with Gasteiger partial charge in [0.15, 0.2) is 5.16 Å². The molecule has 1 aliphatic heterocycles. The van der Waals surface area contributed by atoms with Gasteiger partial charge in [-0.1, -0.05) is 37.7 Å². The minimum Gasteiger partial charge on any atom is -0.378 e. The highest BCUT2D eigenvalue weighted by Gasteiger charge is 2.32. The van der Waals surface area contributed by atoms with E-state index in [0.29, 0.717) is 17.7 Å². The van der Waals surface area contributed by atoms with Crippen molar-refractivity contribution >= 4 is 29.3 Å². The standard InChI is InChI=1S/C20H27N5O2S/c1-14(2)15-3-5-16(6-4-15)21-18(26)13-28-20-23-22-19(25(20)17-7-8-17)24-9-11-27-12-10-24/h3-6,14,17H,7-13H2,1-2H3,(H,21,26). The van der Waals surface area contributed by atoms with Crippen LogP contribution in [0.25, 0.3) is 0 Å². The van der Waals surface area contributed by atoms with Gasteiger partial charge in [-0.3, -0.25) is 9.36 Å². The summed E-state index contributed by atoms with van der Waals surface area (Å²) in [5, 5.41) is 12.6. The Kier molecular flexibility index (Phi) is 5.87. The Morgan fingerprint density at radius 3 is 2.57 bits per heavy atom. The average molecular weight is 402 g/mol. The molecule has 2 heterocycles. The maximum atomic E-state index is 12.4. The summed E-state index contributed by atoms with van der Waals surface area (Å²) in [6.07, 6.45) is 2.30. The van der Waals surface area contributed by atoms with Crippen molar-refractivity contribution in [3.05, 3.63) is 29.8 Å². The lowest BCUT2D eigenvalue weighted by molar-refractivity contribution is -0.113.